The molecule has 0 aliphatic carbocycles. The molecule has 15 heteroatoms. The fourth-order valence-electron chi connectivity index (χ4n) is 6.35. The molecule has 0 spiro atoms. The summed E-state index contributed by atoms with van der Waals surface area (Å²) in [5.74, 6) is -1.55. The van der Waals surface area contributed by atoms with Crippen LogP contribution in [0.25, 0.3) is 22.2 Å². The predicted molar refractivity (Wildman–Crippen MR) is 141 cm³/mol. The minimum atomic E-state index is -4.90. The van der Waals surface area contributed by atoms with Crippen LogP contribution < -0.4 is 20.1 Å². The van der Waals surface area contributed by atoms with Gasteiger partial charge >= 0.3 is 12.2 Å². The Labute approximate surface area is 237 Å². The number of anilines is 2. The summed E-state index contributed by atoms with van der Waals surface area (Å²) < 4.78 is 85.0. The largest absolute Gasteiger partial charge is 0.475 e. The summed E-state index contributed by atoms with van der Waals surface area (Å²) in [5, 5.41) is 9.51. The van der Waals surface area contributed by atoms with Crippen molar-refractivity contribution in [3.05, 3.63) is 23.1 Å². The van der Waals surface area contributed by atoms with Crippen molar-refractivity contribution in [1.29, 1.82) is 5.26 Å². The summed E-state index contributed by atoms with van der Waals surface area (Å²) in [6.45, 7) is 3.74. The summed E-state index contributed by atoms with van der Waals surface area (Å²) in [7, 11) is 0. The Morgan fingerprint density at radius 1 is 1.26 bits per heavy atom. The zero-order valence-electron chi connectivity index (χ0n) is 22.8. The number of halogens is 5. The Kier molecular flexibility index (Phi) is 6.71. The van der Waals surface area contributed by atoms with Crippen LogP contribution >= 0.6 is 0 Å². The number of pyridine rings is 2. The van der Waals surface area contributed by atoms with Crippen LogP contribution in [0.2, 0.25) is 0 Å². The number of aryl methyl sites for hydroxylation is 1. The molecule has 0 saturated carbocycles. The molecule has 2 fully saturated rings. The predicted octanol–water partition coefficient (Wildman–Crippen LogP) is 4.20. The number of nitrogens with two attached hydrogens (primary N) is 1. The van der Waals surface area contributed by atoms with Crippen molar-refractivity contribution in [2.75, 3.05) is 43.5 Å². The molecule has 6 heterocycles. The smallest absolute Gasteiger partial charge is 0.418 e. The van der Waals surface area contributed by atoms with Crippen LogP contribution in [0.3, 0.4) is 0 Å². The lowest BCUT2D eigenvalue weighted by molar-refractivity contribution is -0.137. The number of ether oxygens (including phenoxy) is 2. The van der Waals surface area contributed by atoms with Gasteiger partial charge in [0.1, 0.15) is 48.3 Å². The lowest BCUT2D eigenvalue weighted by Crippen LogP contribution is -2.43. The Hall–Kier alpha value is -4.06. The van der Waals surface area contributed by atoms with Crippen LogP contribution in [0.5, 0.6) is 11.9 Å². The van der Waals surface area contributed by atoms with E-state index in [9.17, 15) is 22.8 Å². The number of rotatable bonds is 5. The van der Waals surface area contributed by atoms with E-state index in [0.717, 1.165) is 26.0 Å². The molecular weight excluding hydrogens is 563 g/mol. The van der Waals surface area contributed by atoms with Crippen LogP contribution in [0.4, 0.5) is 33.6 Å². The second-order valence-corrected chi connectivity index (χ2v) is 11.0. The molecule has 3 aliphatic rings. The highest BCUT2D eigenvalue weighted by Gasteiger charge is 2.49. The molecule has 10 nitrogen and oxygen atoms in total. The first-order valence-corrected chi connectivity index (χ1v) is 13.5. The molecule has 3 aromatic heterocycles. The van der Waals surface area contributed by atoms with Crippen molar-refractivity contribution in [3.63, 3.8) is 0 Å². The second kappa shape index (κ2) is 10.0. The average Bonchev–Trinajstić information content (AvgIpc) is 3.40. The third kappa shape index (κ3) is 4.57. The van der Waals surface area contributed by atoms with Gasteiger partial charge < -0.3 is 20.1 Å². The quantitative estimate of drug-likeness (QED) is 0.341. The van der Waals surface area contributed by atoms with Gasteiger partial charge in [-0.15, -0.1) is 0 Å². The molecule has 0 unspecified atom stereocenters. The lowest BCUT2D eigenvalue weighted by Gasteiger charge is -2.31. The molecule has 3 aliphatic heterocycles. The molecule has 42 heavy (non-hydrogen) atoms. The zero-order valence-corrected chi connectivity index (χ0v) is 22.8. The second-order valence-electron chi connectivity index (χ2n) is 11.0. The van der Waals surface area contributed by atoms with Crippen molar-refractivity contribution < 1.29 is 31.4 Å². The molecule has 3 atom stereocenters. The van der Waals surface area contributed by atoms with Gasteiger partial charge in [0.2, 0.25) is 5.88 Å². The molecule has 3 aromatic rings. The topological polar surface area (TPSA) is 126 Å². The number of aromatic nitrogens is 4. The van der Waals surface area contributed by atoms with Crippen molar-refractivity contribution >= 4 is 22.5 Å². The van der Waals surface area contributed by atoms with Crippen molar-refractivity contribution in [2.45, 2.75) is 57.0 Å². The van der Waals surface area contributed by atoms with E-state index < -0.39 is 57.8 Å². The van der Waals surface area contributed by atoms with E-state index >= 15 is 4.39 Å². The van der Waals surface area contributed by atoms with Gasteiger partial charge in [-0.3, -0.25) is 4.90 Å². The Balaban J connectivity index is 1.55. The molecule has 6 rings (SSSR count). The number of fused-ring (bicyclic) bond motifs is 1. The van der Waals surface area contributed by atoms with E-state index in [1.165, 1.54) is 0 Å². The highest BCUT2D eigenvalue weighted by Crippen LogP contribution is 2.45. The number of nitriles is 1. The Bertz CT molecular complexity index is 1610. The molecule has 0 aromatic carbocycles. The molecule has 0 radical (unpaired) electrons. The van der Waals surface area contributed by atoms with Gasteiger partial charge in [0.15, 0.2) is 11.6 Å². The first-order valence-electron chi connectivity index (χ1n) is 13.5. The van der Waals surface area contributed by atoms with Crippen molar-refractivity contribution in [2.24, 2.45) is 0 Å². The van der Waals surface area contributed by atoms with Gasteiger partial charge in [-0.05, 0) is 39.3 Å². The average molecular weight is 591 g/mol. The summed E-state index contributed by atoms with van der Waals surface area (Å²) in [5.41, 5.74) is 1.86. The SMILES string of the molecule is Cc1nc(N)cc(-c2nc3c4c(nc(OC[C@@]56CCCN5C[C@H](F)C6)nc4c2F)N(CC#N)[C@@H](C)CO3)c1C(F)(F)F. The van der Waals surface area contributed by atoms with Crippen LogP contribution in [0, 0.1) is 24.1 Å². The van der Waals surface area contributed by atoms with Crippen LogP contribution in [0.1, 0.15) is 37.4 Å². The van der Waals surface area contributed by atoms with E-state index in [4.69, 9.17) is 15.2 Å². The molecule has 0 bridgehead atoms. The highest BCUT2D eigenvalue weighted by molar-refractivity contribution is 5.97. The number of hydrogen-bond acceptors (Lipinski definition) is 10. The van der Waals surface area contributed by atoms with E-state index in [2.05, 4.69) is 19.9 Å². The van der Waals surface area contributed by atoms with Gasteiger partial charge in [0.25, 0.3) is 0 Å². The standard InChI is InChI=1S/C27H27F5N8O2/c1-13-11-41-24-18-22(20(29)21(36-24)16-8-17(34)35-14(2)19(16)27(30,31)32)37-25(38-23(18)40(13)7-5-33)42-12-26-4-3-6-39(26)10-15(28)9-26/h8,13,15H,3-4,6-7,9-12H2,1-2H3,(H2,34,35)/t13-,15+,26-/m0/s1. The third-order valence-electron chi connectivity index (χ3n) is 8.21. The summed E-state index contributed by atoms with van der Waals surface area (Å²) in [4.78, 5) is 20.3. The van der Waals surface area contributed by atoms with Gasteiger partial charge in [-0.2, -0.15) is 28.4 Å². The summed E-state index contributed by atoms with van der Waals surface area (Å²) >= 11 is 0. The van der Waals surface area contributed by atoms with Crippen LogP contribution in [-0.2, 0) is 6.18 Å². The normalized spacial score (nSPS) is 23.9. The maximum atomic E-state index is 16.4. The Morgan fingerprint density at radius 3 is 2.79 bits per heavy atom. The van der Waals surface area contributed by atoms with Gasteiger partial charge in [0, 0.05) is 18.5 Å². The third-order valence-corrected chi connectivity index (χ3v) is 8.21. The number of nitrogens with zero attached hydrogens (tertiary/aromatic N) is 7. The van der Waals surface area contributed by atoms with E-state index in [-0.39, 0.29) is 55.1 Å². The zero-order chi connectivity index (χ0) is 30.0. The maximum Gasteiger partial charge on any atom is 0.418 e. The number of alkyl halides is 4. The monoisotopic (exact) mass is 590 g/mol. The molecule has 2 saturated heterocycles. The molecule has 2 N–H and O–H groups in total. The van der Waals surface area contributed by atoms with Crippen LogP contribution in [0.15, 0.2) is 6.07 Å². The van der Waals surface area contributed by atoms with Gasteiger partial charge in [-0.25, -0.2) is 18.7 Å². The van der Waals surface area contributed by atoms with E-state index in [1.54, 1.807) is 11.8 Å². The maximum absolute atomic E-state index is 16.4. The summed E-state index contributed by atoms with van der Waals surface area (Å²) in [6, 6.07) is 2.24. The Morgan fingerprint density at radius 2 is 2.05 bits per heavy atom. The first kappa shape index (κ1) is 28.1. The summed E-state index contributed by atoms with van der Waals surface area (Å²) in [6.07, 6.45) is -4.06. The first-order chi connectivity index (χ1) is 19.9. The van der Waals surface area contributed by atoms with Crippen LogP contribution in [-0.4, -0.2) is 75.4 Å². The minimum Gasteiger partial charge on any atom is -0.475 e. The fourth-order valence-corrected chi connectivity index (χ4v) is 6.35. The van der Waals surface area contributed by atoms with E-state index in [1.807, 2.05) is 11.0 Å². The molecule has 222 valence electrons. The van der Waals surface area contributed by atoms with E-state index in [0.29, 0.717) is 13.0 Å². The number of hydrogen-bond donors (Lipinski definition) is 1. The molecular formula is C27H27F5N8O2. The lowest BCUT2D eigenvalue weighted by atomic mass is 9.95. The fraction of sp³-hybridized carbons (Fsp3) is 0.519. The molecule has 0 amide bonds. The van der Waals surface area contributed by atoms with Crippen molar-refractivity contribution in [1.82, 2.24) is 24.8 Å². The van der Waals surface area contributed by atoms with Gasteiger partial charge in [-0.1, -0.05) is 0 Å². The highest BCUT2D eigenvalue weighted by atomic mass is 19.4. The van der Waals surface area contributed by atoms with Crippen molar-refractivity contribution in [3.8, 4) is 29.2 Å². The minimum absolute atomic E-state index is 0.0131. The van der Waals surface area contributed by atoms with Gasteiger partial charge in [0.05, 0.1) is 28.9 Å². The number of nitrogen functional groups attached to an aromatic ring is 1.